The molecule has 1 fully saturated rings. The van der Waals surface area contributed by atoms with Crippen molar-refractivity contribution in [3.05, 3.63) is 0 Å². The van der Waals surface area contributed by atoms with Crippen LogP contribution >= 0.6 is 0 Å². The standard InChI is InChI=1S/C12H23NO4/c1-2-3-7-17-9-10(14)8-13-12(11(15)16)5-4-6-12/h10,13-14H,2-9H2,1H3,(H,15,16). The lowest BCUT2D eigenvalue weighted by Gasteiger charge is -2.39. The van der Waals surface area contributed by atoms with Crippen molar-refractivity contribution < 1.29 is 19.7 Å². The number of carboxylic acids is 1. The van der Waals surface area contributed by atoms with E-state index in [4.69, 9.17) is 9.84 Å². The molecule has 1 unspecified atom stereocenters. The van der Waals surface area contributed by atoms with E-state index in [2.05, 4.69) is 12.2 Å². The average Bonchev–Trinajstić information content (AvgIpc) is 2.22. The predicted molar refractivity (Wildman–Crippen MR) is 64.0 cm³/mol. The monoisotopic (exact) mass is 245 g/mol. The van der Waals surface area contributed by atoms with Gasteiger partial charge in [-0.2, -0.15) is 0 Å². The lowest BCUT2D eigenvalue weighted by atomic mass is 9.76. The summed E-state index contributed by atoms with van der Waals surface area (Å²) in [5, 5.41) is 21.6. The van der Waals surface area contributed by atoms with Gasteiger partial charge in [-0.15, -0.1) is 0 Å². The Bertz CT molecular complexity index is 241. The number of aliphatic hydroxyl groups excluding tert-OH is 1. The number of β-amino-alcohol motifs (C(OH)–C–C–N with tert-alkyl or cyclic N) is 1. The van der Waals surface area contributed by atoms with E-state index in [-0.39, 0.29) is 13.2 Å². The van der Waals surface area contributed by atoms with Gasteiger partial charge in [0.25, 0.3) is 0 Å². The molecule has 1 saturated carbocycles. The van der Waals surface area contributed by atoms with Crippen molar-refractivity contribution in [1.29, 1.82) is 0 Å². The molecule has 17 heavy (non-hydrogen) atoms. The van der Waals surface area contributed by atoms with Gasteiger partial charge in [-0.1, -0.05) is 13.3 Å². The molecule has 0 heterocycles. The zero-order valence-electron chi connectivity index (χ0n) is 10.4. The van der Waals surface area contributed by atoms with Gasteiger partial charge in [0, 0.05) is 13.2 Å². The molecule has 5 heteroatoms. The van der Waals surface area contributed by atoms with Crippen LogP contribution in [0.3, 0.4) is 0 Å². The van der Waals surface area contributed by atoms with Gasteiger partial charge in [0.15, 0.2) is 0 Å². The molecule has 3 N–H and O–H groups in total. The van der Waals surface area contributed by atoms with Crippen LogP contribution < -0.4 is 5.32 Å². The van der Waals surface area contributed by atoms with Crippen LogP contribution in [0.4, 0.5) is 0 Å². The number of carboxylic acid groups (broad SMARTS) is 1. The van der Waals surface area contributed by atoms with E-state index in [0.29, 0.717) is 19.4 Å². The molecule has 1 aliphatic carbocycles. The second-order valence-electron chi connectivity index (χ2n) is 4.70. The zero-order chi connectivity index (χ0) is 12.7. The van der Waals surface area contributed by atoms with Crippen molar-refractivity contribution in [2.75, 3.05) is 19.8 Å². The maximum absolute atomic E-state index is 11.0. The molecule has 0 aromatic carbocycles. The molecule has 0 spiro atoms. The minimum atomic E-state index is -0.817. The molecule has 1 aliphatic rings. The lowest BCUT2D eigenvalue weighted by molar-refractivity contribution is -0.149. The molecule has 0 saturated heterocycles. The third kappa shape index (κ3) is 4.26. The number of carbonyl (C=O) groups is 1. The molecule has 100 valence electrons. The predicted octanol–water partition coefficient (Wildman–Crippen LogP) is 0.761. The molecule has 1 atom stereocenters. The molecule has 0 radical (unpaired) electrons. The fourth-order valence-corrected chi connectivity index (χ4v) is 1.83. The summed E-state index contributed by atoms with van der Waals surface area (Å²) >= 11 is 0. The summed E-state index contributed by atoms with van der Waals surface area (Å²) in [6.07, 6.45) is 3.64. The van der Waals surface area contributed by atoms with Gasteiger partial charge in [0.2, 0.25) is 0 Å². The van der Waals surface area contributed by atoms with Gasteiger partial charge < -0.3 is 14.9 Å². The minimum absolute atomic E-state index is 0.267. The summed E-state index contributed by atoms with van der Waals surface area (Å²) in [6.45, 7) is 3.27. The van der Waals surface area contributed by atoms with Crippen LogP contribution in [0.15, 0.2) is 0 Å². The van der Waals surface area contributed by atoms with E-state index in [1.54, 1.807) is 0 Å². The van der Waals surface area contributed by atoms with E-state index >= 15 is 0 Å². The number of aliphatic carboxylic acids is 1. The Morgan fingerprint density at radius 3 is 2.71 bits per heavy atom. The summed E-state index contributed by atoms with van der Waals surface area (Å²) in [5.41, 5.74) is -0.801. The Labute approximate surface area is 102 Å². The Morgan fingerprint density at radius 1 is 1.53 bits per heavy atom. The molecular weight excluding hydrogens is 222 g/mol. The first-order chi connectivity index (χ1) is 8.10. The minimum Gasteiger partial charge on any atom is -0.480 e. The molecule has 5 nitrogen and oxygen atoms in total. The fourth-order valence-electron chi connectivity index (χ4n) is 1.83. The summed E-state index contributed by atoms with van der Waals surface area (Å²) in [6, 6.07) is 0. The molecule has 0 bridgehead atoms. The van der Waals surface area contributed by atoms with Gasteiger partial charge in [0.05, 0.1) is 12.7 Å². The van der Waals surface area contributed by atoms with Crippen LogP contribution in [0.2, 0.25) is 0 Å². The second-order valence-corrected chi connectivity index (χ2v) is 4.70. The van der Waals surface area contributed by atoms with E-state index in [1.807, 2.05) is 0 Å². The number of ether oxygens (including phenoxy) is 1. The smallest absolute Gasteiger partial charge is 0.323 e. The van der Waals surface area contributed by atoms with Gasteiger partial charge in [0.1, 0.15) is 5.54 Å². The highest BCUT2D eigenvalue weighted by molar-refractivity contribution is 5.79. The summed E-state index contributed by atoms with van der Waals surface area (Å²) in [5.74, 6) is -0.817. The highest BCUT2D eigenvalue weighted by atomic mass is 16.5. The van der Waals surface area contributed by atoms with E-state index in [9.17, 15) is 9.90 Å². The van der Waals surface area contributed by atoms with Gasteiger partial charge in [-0.25, -0.2) is 0 Å². The van der Waals surface area contributed by atoms with Crippen molar-refractivity contribution in [1.82, 2.24) is 5.32 Å². The highest BCUT2D eigenvalue weighted by Gasteiger charge is 2.44. The highest BCUT2D eigenvalue weighted by Crippen LogP contribution is 2.31. The molecule has 1 rings (SSSR count). The summed E-state index contributed by atoms with van der Waals surface area (Å²) in [4.78, 5) is 11.0. The quantitative estimate of drug-likeness (QED) is 0.523. The normalized spacial score (nSPS) is 19.6. The van der Waals surface area contributed by atoms with Crippen molar-refractivity contribution in [2.45, 2.75) is 50.7 Å². The molecule has 0 amide bonds. The first kappa shape index (κ1) is 14.4. The fraction of sp³-hybridized carbons (Fsp3) is 0.917. The van der Waals surface area contributed by atoms with Crippen molar-refractivity contribution in [3.8, 4) is 0 Å². The van der Waals surface area contributed by atoms with Gasteiger partial charge in [-0.05, 0) is 25.7 Å². The number of hydrogen-bond donors (Lipinski definition) is 3. The summed E-state index contributed by atoms with van der Waals surface area (Å²) < 4.78 is 5.28. The van der Waals surface area contributed by atoms with Crippen LogP contribution in [0.25, 0.3) is 0 Å². The third-order valence-corrected chi connectivity index (χ3v) is 3.25. The van der Waals surface area contributed by atoms with Crippen LogP contribution in [-0.2, 0) is 9.53 Å². The Morgan fingerprint density at radius 2 is 2.24 bits per heavy atom. The average molecular weight is 245 g/mol. The topological polar surface area (TPSA) is 78.8 Å². The van der Waals surface area contributed by atoms with E-state index < -0.39 is 17.6 Å². The van der Waals surface area contributed by atoms with Crippen LogP contribution in [0.5, 0.6) is 0 Å². The maximum Gasteiger partial charge on any atom is 0.323 e. The van der Waals surface area contributed by atoms with Gasteiger partial charge >= 0.3 is 5.97 Å². The first-order valence-corrected chi connectivity index (χ1v) is 6.35. The Hall–Kier alpha value is -0.650. The number of nitrogens with one attached hydrogen (secondary N) is 1. The molecule has 0 aromatic heterocycles. The first-order valence-electron chi connectivity index (χ1n) is 6.35. The molecule has 0 aromatic rings. The SMILES string of the molecule is CCCCOCC(O)CNC1(C(=O)O)CCC1. The largest absolute Gasteiger partial charge is 0.480 e. The van der Waals surface area contributed by atoms with Crippen molar-refractivity contribution >= 4 is 5.97 Å². The van der Waals surface area contributed by atoms with Crippen LogP contribution in [-0.4, -0.2) is 47.6 Å². The number of unbranched alkanes of at least 4 members (excludes halogenated alkanes) is 1. The van der Waals surface area contributed by atoms with E-state index in [0.717, 1.165) is 19.3 Å². The van der Waals surface area contributed by atoms with Crippen LogP contribution in [0.1, 0.15) is 39.0 Å². The Balaban J connectivity index is 2.14. The summed E-state index contributed by atoms with van der Waals surface area (Å²) in [7, 11) is 0. The lowest BCUT2D eigenvalue weighted by Crippen LogP contribution is -2.59. The number of rotatable bonds is 9. The second kappa shape index (κ2) is 6.93. The zero-order valence-corrected chi connectivity index (χ0v) is 10.4. The van der Waals surface area contributed by atoms with Gasteiger partial charge in [-0.3, -0.25) is 10.1 Å². The Kier molecular flexibility index (Phi) is 5.88. The maximum atomic E-state index is 11.0. The number of hydrogen-bond acceptors (Lipinski definition) is 4. The van der Waals surface area contributed by atoms with Crippen molar-refractivity contribution in [3.63, 3.8) is 0 Å². The third-order valence-electron chi connectivity index (χ3n) is 3.25. The molecular formula is C12H23NO4. The molecule has 0 aliphatic heterocycles. The number of aliphatic hydroxyl groups is 1. The van der Waals surface area contributed by atoms with E-state index in [1.165, 1.54) is 0 Å². The van der Waals surface area contributed by atoms with Crippen LogP contribution in [0, 0.1) is 0 Å². The van der Waals surface area contributed by atoms with Crippen molar-refractivity contribution in [2.24, 2.45) is 0 Å².